The van der Waals surface area contributed by atoms with E-state index in [1.54, 1.807) is 0 Å². The summed E-state index contributed by atoms with van der Waals surface area (Å²) < 4.78 is 5.17. The second kappa shape index (κ2) is 6.50. The fourth-order valence-corrected chi connectivity index (χ4v) is 3.69. The summed E-state index contributed by atoms with van der Waals surface area (Å²) in [6, 6.07) is 7.15. The fraction of sp³-hybridized carbons (Fsp3) is 0.611. The Hall–Kier alpha value is -1.51. The minimum Gasteiger partial charge on any atom is -0.466 e. The van der Waals surface area contributed by atoms with Crippen molar-refractivity contribution < 1.29 is 9.53 Å². The largest absolute Gasteiger partial charge is 0.466 e. The summed E-state index contributed by atoms with van der Waals surface area (Å²) in [6.45, 7) is 2.36. The van der Waals surface area contributed by atoms with Gasteiger partial charge in [-0.15, -0.1) is 0 Å². The minimum absolute atomic E-state index is 0.0158. The van der Waals surface area contributed by atoms with Crippen molar-refractivity contribution in [3.63, 3.8) is 0 Å². The molecule has 0 radical (unpaired) electrons. The number of carbonyl (C=O) groups excluding carboxylic acids is 1. The molecule has 0 saturated heterocycles. The molecule has 114 valence electrons. The summed E-state index contributed by atoms with van der Waals surface area (Å²) in [5.41, 5.74) is 4.22. The van der Waals surface area contributed by atoms with Gasteiger partial charge in [0.2, 0.25) is 0 Å². The smallest absolute Gasteiger partial charge is 0.308 e. The van der Waals surface area contributed by atoms with Crippen LogP contribution >= 0.6 is 0 Å². The van der Waals surface area contributed by atoms with Gasteiger partial charge in [-0.1, -0.05) is 12.5 Å². The number of benzene rings is 1. The first-order valence-electron chi connectivity index (χ1n) is 8.31. The summed E-state index contributed by atoms with van der Waals surface area (Å²) in [5, 5.41) is 3.63. The van der Waals surface area contributed by atoms with Crippen LogP contribution in [0.15, 0.2) is 18.2 Å². The number of carbonyl (C=O) groups is 1. The molecule has 3 nitrogen and oxygen atoms in total. The Morgan fingerprint density at radius 3 is 2.95 bits per heavy atom. The van der Waals surface area contributed by atoms with E-state index in [4.69, 9.17) is 4.74 Å². The zero-order chi connectivity index (χ0) is 14.7. The van der Waals surface area contributed by atoms with Crippen molar-refractivity contribution in [3.05, 3.63) is 29.3 Å². The molecule has 0 spiro atoms. The zero-order valence-corrected chi connectivity index (χ0v) is 12.9. The van der Waals surface area contributed by atoms with E-state index in [1.807, 2.05) is 6.92 Å². The van der Waals surface area contributed by atoms with Gasteiger partial charge in [-0.05, 0) is 68.7 Å². The van der Waals surface area contributed by atoms with Gasteiger partial charge in [0.15, 0.2) is 0 Å². The predicted molar refractivity (Wildman–Crippen MR) is 84.5 cm³/mol. The Morgan fingerprint density at radius 1 is 1.24 bits per heavy atom. The van der Waals surface area contributed by atoms with E-state index in [2.05, 4.69) is 23.5 Å². The molecular formula is C18H25NO2. The number of fused-ring (bicyclic) bond motifs is 1. The molecule has 0 aromatic heterocycles. The van der Waals surface area contributed by atoms with Crippen molar-refractivity contribution in [2.24, 2.45) is 5.92 Å². The van der Waals surface area contributed by atoms with Crippen LogP contribution in [0, 0.1) is 5.92 Å². The van der Waals surface area contributed by atoms with Crippen LogP contribution < -0.4 is 5.32 Å². The Bertz CT molecular complexity index is 512. The topological polar surface area (TPSA) is 38.3 Å². The lowest BCUT2D eigenvalue weighted by Crippen LogP contribution is -2.32. The maximum absolute atomic E-state index is 11.9. The third kappa shape index (κ3) is 3.39. The van der Waals surface area contributed by atoms with E-state index in [-0.39, 0.29) is 11.9 Å². The molecule has 1 aromatic carbocycles. The van der Waals surface area contributed by atoms with E-state index < -0.39 is 0 Å². The highest BCUT2D eigenvalue weighted by Crippen LogP contribution is 2.30. The molecular weight excluding hydrogens is 262 g/mol. The lowest BCUT2D eigenvalue weighted by molar-refractivity contribution is -0.149. The number of anilines is 1. The molecule has 1 aromatic rings. The summed E-state index contributed by atoms with van der Waals surface area (Å²) >= 11 is 0. The van der Waals surface area contributed by atoms with Crippen LogP contribution in [0.25, 0.3) is 0 Å². The van der Waals surface area contributed by atoms with Crippen LogP contribution in [0.5, 0.6) is 0 Å². The average Bonchev–Trinajstić information content (AvgIpc) is 2.95. The number of hydrogen-bond acceptors (Lipinski definition) is 3. The van der Waals surface area contributed by atoms with Gasteiger partial charge in [-0.2, -0.15) is 0 Å². The fourth-order valence-electron chi connectivity index (χ4n) is 3.69. The number of rotatable bonds is 4. The highest BCUT2D eigenvalue weighted by atomic mass is 16.5. The normalized spacial score (nSPS) is 24.4. The summed E-state index contributed by atoms with van der Waals surface area (Å²) in [4.78, 5) is 11.9. The maximum atomic E-state index is 11.9. The molecule has 0 heterocycles. The van der Waals surface area contributed by atoms with Crippen molar-refractivity contribution in [1.29, 1.82) is 0 Å². The second-order valence-electron chi connectivity index (χ2n) is 6.29. The Labute approximate surface area is 127 Å². The summed E-state index contributed by atoms with van der Waals surface area (Å²) in [7, 11) is 0. The van der Waals surface area contributed by atoms with Crippen LogP contribution in [0.3, 0.4) is 0 Å². The van der Waals surface area contributed by atoms with Gasteiger partial charge in [-0.25, -0.2) is 0 Å². The maximum Gasteiger partial charge on any atom is 0.308 e. The van der Waals surface area contributed by atoms with Crippen molar-refractivity contribution in [2.75, 3.05) is 11.9 Å². The number of aryl methyl sites for hydroxylation is 2. The minimum atomic E-state index is -0.0158. The molecule has 2 aliphatic carbocycles. The molecule has 2 atom stereocenters. The lowest BCUT2D eigenvalue weighted by atomic mass is 9.85. The molecule has 0 bridgehead atoms. The molecule has 3 rings (SSSR count). The molecule has 2 unspecified atom stereocenters. The van der Waals surface area contributed by atoms with Crippen molar-refractivity contribution in [1.82, 2.24) is 0 Å². The van der Waals surface area contributed by atoms with Crippen LogP contribution in [0.2, 0.25) is 0 Å². The number of ether oxygens (including phenoxy) is 1. The number of nitrogens with one attached hydrogen (secondary N) is 1. The van der Waals surface area contributed by atoms with Gasteiger partial charge in [0.05, 0.1) is 12.5 Å². The second-order valence-corrected chi connectivity index (χ2v) is 6.29. The average molecular weight is 287 g/mol. The van der Waals surface area contributed by atoms with Gasteiger partial charge in [0.25, 0.3) is 0 Å². The van der Waals surface area contributed by atoms with Crippen molar-refractivity contribution >= 4 is 11.7 Å². The van der Waals surface area contributed by atoms with E-state index in [0.29, 0.717) is 12.6 Å². The van der Waals surface area contributed by atoms with Crippen LogP contribution in [-0.2, 0) is 22.4 Å². The summed E-state index contributed by atoms with van der Waals surface area (Å²) in [5.74, 6) is 0.0589. The van der Waals surface area contributed by atoms with Gasteiger partial charge in [0, 0.05) is 11.7 Å². The van der Waals surface area contributed by atoms with Crippen molar-refractivity contribution in [3.8, 4) is 0 Å². The van der Waals surface area contributed by atoms with E-state index in [9.17, 15) is 4.79 Å². The third-order valence-electron chi connectivity index (χ3n) is 4.76. The molecule has 2 aliphatic rings. The standard InChI is InChI=1S/C18H25NO2/c1-2-21-18(20)15-7-4-8-16(12-15)19-17-10-9-13-5-3-6-14(13)11-17/h9-11,15-16,19H,2-8,12H2,1H3. The molecule has 1 fully saturated rings. The van der Waals surface area contributed by atoms with Gasteiger partial charge >= 0.3 is 5.97 Å². The summed E-state index contributed by atoms with van der Waals surface area (Å²) in [6.07, 6.45) is 7.84. The predicted octanol–water partition coefficient (Wildman–Crippen LogP) is 3.71. The van der Waals surface area contributed by atoms with Crippen LogP contribution in [0.4, 0.5) is 5.69 Å². The first-order chi connectivity index (χ1) is 10.3. The van der Waals surface area contributed by atoms with E-state index in [0.717, 1.165) is 25.7 Å². The Balaban J connectivity index is 1.61. The zero-order valence-electron chi connectivity index (χ0n) is 12.9. The molecule has 21 heavy (non-hydrogen) atoms. The van der Waals surface area contributed by atoms with Gasteiger partial charge < -0.3 is 10.1 Å². The number of hydrogen-bond donors (Lipinski definition) is 1. The molecule has 3 heteroatoms. The van der Waals surface area contributed by atoms with Crippen LogP contribution in [0.1, 0.15) is 50.2 Å². The number of esters is 1. The first-order valence-corrected chi connectivity index (χ1v) is 8.31. The quantitative estimate of drug-likeness (QED) is 0.858. The molecule has 1 saturated carbocycles. The highest BCUT2D eigenvalue weighted by Gasteiger charge is 2.28. The van der Waals surface area contributed by atoms with Crippen LogP contribution in [-0.4, -0.2) is 18.6 Å². The molecule has 1 N–H and O–H groups in total. The first kappa shape index (κ1) is 14.4. The molecule has 0 amide bonds. The highest BCUT2D eigenvalue weighted by molar-refractivity contribution is 5.72. The third-order valence-corrected chi connectivity index (χ3v) is 4.76. The van der Waals surface area contributed by atoms with Gasteiger partial charge in [0.1, 0.15) is 0 Å². The van der Waals surface area contributed by atoms with Crippen molar-refractivity contribution in [2.45, 2.75) is 57.9 Å². The lowest BCUT2D eigenvalue weighted by Gasteiger charge is -2.29. The SMILES string of the molecule is CCOC(=O)C1CCCC(Nc2ccc3c(c2)CCC3)C1. The molecule has 0 aliphatic heterocycles. The Morgan fingerprint density at radius 2 is 2.10 bits per heavy atom. The Kier molecular flexibility index (Phi) is 4.47. The van der Waals surface area contributed by atoms with Gasteiger partial charge in [-0.3, -0.25) is 4.79 Å². The van der Waals surface area contributed by atoms with E-state index in [1.165, 1.54) is 36.1 Å². The van der Waals surface area contributed by atoms with E-state index >= 15 is 0 Å². The monoisotopic (exact) mass is 287 g/mol.